The fraction of sp³-hybridized carbons (Fsp3) is 0. The van der Waals surface area contributed by atoms with Crippen molar-refractivity contribution in [2.75, 3.05) is 0 Å². The zero-order valence-corrected chi connectivity index (χ0v) is 8.83. The molecule has 1 heterocycles. The largest absolute Gasteiger partial charge is 0.426 e. The van der Waals surface area contributed by atoms with Gasteiger partial charge in [0, 0.05) is 0 Å². The Morgan fingerprint density at radius 3 is 2.35 bits per heavy atom. The molecule has 17 heavy (non-hydrogen) atoms. The van der Waals surface area contributed by atoms with E-state index < -0.39 is 0 Å². The van der Waals surface area contributed by atoms with E-state index in [1.54, 1.807) is 12.1 Å². The van der Waals surface area contributed by atoms with Crippen molar-refractivity contribution >= 4 is 28.5 Å². The first-order valence-electron chi connectivity index (χ1n) is 5.14. The number of nitrogens with zero attached hydrogens (tertiary/aromatic N) is 2. The van der Waals surface area contributed by atoms with Gasteiger partial charge in [-0.2, -0.15) is 0 Å². The van der Waals surface area contributed by atoms with Crippen LogP contribution in [0.25, 0.3) is 22.1 Å². The second kappa shape index (κ2) is 3.83. The lowest BCUT2D eigenvalue weighted by Crippen LogP contribution is -1.93. The molecule has 0 saturated carbocycles. The van der Waals surface area contributed by atoms with E-state index in [0.29, 0.717) is 23.3 Å². The third-order valence-corrected chi connectivity index (χ3v) is 2.51. The molecule has 0 aliphatic rings. The highest BCUT2D eigenvalue weighted by Crippen LogP contribution is 2.24. The summed E-state index contributed by atoms with van der Waals surface area (Å²) in [5.74, 6) is 0.427. The first kappa shape index (κ1) is 9.72. The monoisotopic (exact) mass is 224 g/mol. The minimum Gasteiger partial charge on any atom is -0.426 e. The fourth-order valence-corrected chi connectivity index (χ4v) is 1.76. The molecule has 0 fully saturated rings. The molecule has 3 rings (SSSR count). The standard InChI is InChI=1S/C13H8N2O2/c16-8-17-12-7-3-6-11-13(12)15-10-5-2-1-4-9(10)14-11/h1-8H. The van der Waals surface area contributed by atoms with Gasteiger partial charge in [0.1, 0.15) is 5.52 Å². The molecule has 0 bridgehead atoms. The van der Waals surface area contributed by atoms with Gasteiger partial charge in [-0.3, -0.25) is 4.79 Å². The molecule has 3 aromatic rings. The Balaban J connectivity index is 2.39. The van der Waals surface area contributed by atoms with Crippen molar-refractivity contribution in [2.45, 2.75) is 0 Å². The molecule has 0 amide bonds. The summed E-state index contributed by atoms with van der Waals surface area (Å²) < 4.78 is 4.88. The maximum atomic E-state index is 10.4. The molecular weight excluding hydrogens is 216 g/mol. The zero-order valence-electron chi connectivity index (χ0n) is 8.83. The lowest BCUT2D eigenvalue weighted by Gasteiger charge is -2.04. The molecule has 0 N–H and O–H groups in total. The number of carbonyl (C=O) groups excluding carboxylic acids is 1. The van der Waals surface area contributed by atoms with Gasteiger partial charge in [-0.15, -0.1) is 0 Å². The molecule has 0 spiro atoms. The van der Waals surface area contributed by atoms with Gasteiger partial charge < -0.3 is 4.74 Å². The fourth-order valence-electron chi connectivity index (χ4n) is 1.76. The molecule has 0 aliphatic heterocycles. The number of benzene rings is 2. The van der Waals surface area contributed by atoms with Crippen LogP contribution in [-0.4, -0.2) is 16.4 Å². The Morgan fingerprint density at radius 2 is 1.59 bits per heavy atom. The predicted octanol–water partition coefficient (Wildman–Crippen LogP) is 2.32. The highest BCUT2D eigenvalue weighted by Gasteiger charge is 2.06. The molecule has 1 aromatic heterocycles. The third-order valence-electron chi connectivity index (χ3n) is 2.51. The summed E-state index contributed by atoms with van der Waals surface area (Å²) in [4.78, 5) is 19.3. The third kappa shape index (κ3) is 1.59. The first-order chi connectivity index (χ1) is 8.38. The van der Waals surface area contributed by atoms with E-state index in [4.69, 9.17) is 4.74 Å². The average Bonchev–Trinajstić information content (AvgIpc) is 2.37. The molecular formula is C13H8N2O2. The summed E-state index contributed by atoms with van der Waals surface area (Å²) in [6, 6.07) is 12.9. The summed E-state index contributed by atoms with van der Waals surface area (Å²) in [6.07, 6.45) is 0. The molecule has 4 nitrogen and oxygen atoms in total. The number of carbonyl (C=O) groups is 1. The highest BCUT2D eigenvalue weighted by atomic mass is 16.5. The number of hydrogen-bond acceptors (Lipinski definition) is 4. The molecule has 0 unspecified atom stereocenters. The molecule has 0 atom stereocenters. The van der Waals surface area contributed by atoms with Gasteiger partial charge in [0.25, 0.3) is 6.47 Å². The van der Waals surface area contributed by atoms with E-state index >= 15 is 0 Å². The summed E-state index contributed by atoms with van der Waals surface area (Å²) in [5.41, 5.74) is 2.91. The van der Waals surface area contributed by atoms with Crippen molar-refractivity contribution in [1.82, 2.24) is 9.97 Å². The van der Waals surface area contributed by atoms with Gasteiger partial charge in [-0.1, -0.05) is 18.2 Å². The second-order valence-electron chi connectivity index (χ2n) is 3.55. The van der Waals surface area contributed by atoms with Gasteiger partial charge in [0.15, 0.2) is 5.75 Å². The molecule has 0 saturated heterocycles. The average molecular weight is 224 g/mol. The number of hydrogen-bond donors (Lipinski definition) is 0. The maximum Gasteiger partial charge on any atom is 0.298 e. The quantitative estimate of drug-likeness (QED) is 0.495. The van der Waals surface area contributed by atoms with Crippen LogP contribution < -0.4 is 4.74 Å². The summed E-state index contributed by atoms with van der Waals surface area (Å²) in [6.45, 7) is 0.394. The van der Waals surface area contributed by atoms with Crippen LogP contribution >= 0.6 is 0 Å². The summed E-state index contributed by atoms with van der Waals surface area (Å²) in [5, 5.41) is 0. The van der Waals surface area contributed by atoms with Crippen LogP contribution in [0.2, 0.25) is 0 Å². The summed E-state index contributed by atoms with van der Waals surface area (Å²) >= 11 is 0. The zero-order chi connectivity index (χ0) is 11.7. The Morgan fingerprint density at radius 1 is 0.882 bits per heavy atom. The highest BCUT2D eigenvalue weighted by molar-refractivity contribution is 5.89. The Labute approximate surface area is 96.9 Å². The van der Waals surface area contributed by atoms with Gasteiger partial charge in [0.2, 0.25) is 0 Å². The Bertz CT molecular complexity index is 710. The Hall–Kier alpha value is -2.49. The lowest BCUT2D eigenvalue weighted by atomic mass is 10.2. The van der Waals surface area contributed by atoms with Crippen LogP contribution in [0.3, 0.4) is 0 Å². The molecule has 0 radical (unpaired) electrons. The minimum atomic E-state index is 0.394. The van der Waals surface area contributed by atoms with Crippen molar-refractivity contribution in [3.05, 3.63) is 42.5 Å². The number of aromatic nitrogens is 2. The number of para-hydroxylation sites is 3. The van der Waals surface area contributed by atoms with Crippen molar-refractivity contribution < 1.29 is 9.53 Å². The number of ether oxygens (including phenoxy) is 1. The molecule has 2 aromatic carbocycles. The molecule has 82 valence electrons. The summed E-state index contributed by atoms with van der Waals surface area (Å²) in [7, 11) is 0. The van der Waals surface area contributed by atoms with Gasteiger partial charge in [-0.05, 0) is 24.3 Å². The maximum absolute atomic E-state index is 10.4. The van der Waals surface area contributed by atoms with E-state index in [1.807, 2.05) is 30.3 Å². The molecule has 4 heteroatoms. The normalized spacial score (nSPS) is 10.6. The number of fused-ring (bicyclic) bond motifs is 2. The van der Waals surface area contributed by atoms with Crippen LogP contribution in [0.1, 0.15) is 0 Å². The van der Waals surface area contributed by atoms with Crippen LogP contribution in [0, 0.1) is 0 Å². The first-order valence-corrected chi connectivity index (χ1v) is 5.14. The van der Waals surface area contributed by atoms with Crippen LogP contribution in [0.4, 0.5) is 0 Å². The van der Waals surface area contributed by atoms with Gasteiger partial charge >= 0.3 is 0 Å². The topological polar surface area (TPSA) is 52.1 Å². The minimum absolute atomic E-state index is 0.394. The van der Waals surface area contributed by atoms with E-state index in [1.165, 1.54) is 0 Å². The lowest BCUT2D eigenvalue weighted by molar-refractivity contribution is -0.120. The Kier molecular flexibility index (Phi) is 2.19. The van der Waals surface area contributed by atoms with Crippen molar-refractivity contribution in [1.29, 1.82) is 0 Å². The smallest absolute Gasteiger partial charge is 0.298 e. The van der Waals surface area contributed by atoms with Crippen molar-refractivity contribution in [2.24, 2.45) is 0 Å². The SMILES string of the molecule is O=COc1cccc2nc3ccccc3nc12. The van der Waals surface area contributed by atoms with Crippen molar-refractivity contribution in [3.63, 3.8) is 0 Å². The number of rotatable bonds is 2. The van der Waals surface area contributed by atoms with Crippen LogP contribution in [-0.2, 0) is 4.79 Å². The van der Waals surface area contributed by atoms with Crippen LogP contribution in [0.15, 0.2) is 42.5 Å². The van der Waals surface area contributed by atoms with E-state index in [9.17, 15) is 4.79 Å². The molecule has 0 aliphatic carbocycles. The van der Waals surface area contributed by atoms with E-state index in [0.717, 1.165) is 11.0 Å². The van der Waals surface area contributed by atoms with Crippen molar-refractivity contribution in [3.8, 4) is 5.75 Å². The van der Waals surface area contributed by atoms with E-state index in [-0.39, 0.29) is 0 Å². The van der Waals surface area contributed by atoms with Gasteiger partial charge in [0.05, 0.1) is 16.6 Å². The van der Waals surface area contributed by atoms with Gasteiger partial charge in [-0.25, -0.2) is 9.97 Å². The van der Waals surface area contributed by atoms with Crippen LogP contribution in [0.5, 0.6) is 5.75 Å². The second-order valence-corrected chi connectivity index (χ2v) is 3.55. The predicted molar refractivity (Wildman–Crippen MR) is 63.7 cm³/mol. The van der Waals surface area contributed by atoms with E-state index in [2.05, 4.69) is 9.97 Å².